The van der Waals surface area contributed by atoms with Crippen molar-refractivity contribution in [2.24, 2.45) is 0 Å². The number of hydrogen-bond acceptors (Lipinski definition) is 6. The van der Waals surface area contributed by atoms with Gasteiger partial charge in [-0.15, -0.1) is 0 Å². The summed E-state index contributed by atoms with van der Waals surface area (Å²) in [5, 5.41) is 0. The second-order valence-electron chi connectivity index (χ2n) is 22.3. The van der Waals surface area contributed by atoms with Gasteiger partial charge in [0.2, 0.25) is 0 Å². The summed E-state index contributed by atoms with van der Waals surface area (Å²) in [4.78, 5) is 38.3. The Balaban J connectivity index is 4.31. The van der Waals surface area contributed by atoms with Crippen LogP contribution in [0.2, 0.25) is 0 Å². The first-order valence-corrected chi connectivity index (χ1v) is 33.7. The van der Waals surface area contributed by atoms with Gasteiger partial charge in [-0.3, -0.25) is 14.4 Å². The topological polar surface area (TPSA) is 78.9 Å². The number of carbonyl (C=O) groups is 3. The molecule has 0 aromatic heterocycles. The summed E-state index contributed by atoms with van der Waals surface area (Å²) >= 11 is 0. The highest BCUT2D eigenvalue weighted by molar-refractivity contribution is 5.71. The van der Waals surface area contributed by atoms with E-state index in [1.54, 1.807) is 0 Å². The van der Waals surface area contributed by atoms with Crippen molar-refractivity contribution in [3.8, 4) is 0 Å². The van der Waals surface area contributed by atoms with Crippen LogP contribution in [0.5, 0.6) is 0 Å². The van der Waals surface area contributed by atoms with Crippen LogP contribution in [0.25, 0.3) is 0 Å². The number of esters is 3. The normalized spacial score (nSPS) is 12.7. The summed E-state index contributed by atoms with van der Waals surface area (Å²) < 4.78 is 16.9. The maximum atomic E-state index is 12.9. The highest BCUT2D eigenvalue weighted by atomic mass is 16.6. The molecule has 6 heteroatoms. The summed E-state index contributed by atoms with van der Waals surface area (Å²) in [6.45, 7) is 6.47. The lowest BCUT2D eigenvalue weighted by Crippen LogP contribution is -2.30. The zero-order valence-corrected chi connectivity index (χ0v) is 52.1. The molecular formula is C73H126O6. The predicted octanol–water partition coefficient (Wildman–Crippen LogP) is 23.2. The van der Waals surface area contributed by atoms with Gasteiger partial charge < -0.3 is 14.2 Å². The van der Waals surface area contributed by atoms with Gasteiger partial charge in [-0.2, -0.15) is 0 Å². The first-order chi connectivity index (χ1) is 39.0. The maximum absolute atomic E-state index is 12.9. The fraction of sp³-hybridized carbons (Fsp3) is 0.740. The minimum atomic E-state index is -0.810. The Morgan fingerprint density at radius 1 is 0.266 bits per heavy atom. The molecule has 79 heavy (non-hydrogen) atoms. The number of allylic oxidation sites excluding steroid dienone is 16. The smallest absolute Gasteiger partial charge is 0.306 e. The minimum absolute atomic E-state index is 0.0999. The fourth-order valence-electron chi connectivity index (χ4n) is 9.52. The third-order valence-electron chi connectivity index (χ3n) is 14.6. The van der Waals surface area contributed by atoms with E-state index in [1.165, 1.54) is 205 Å². The molecule has 0 N–H and O–H groups in total. The highest BCUT2D eigenvalue weighted by Crippen LogP contribution is 2.17. The molecular weight excluding hydrogens is 973 g/mol. The van der Waals surface area contributed by atoms with Crippen LogP contribution in [-0.2, 0) is 28.6 Å². The Hall–Kier alpha value is -3.67. The van der Waals surface area contributed by atoms with Gasteiger partial charge in [-0.25, -0.2) is 0 Å². The van der Waals surface area contributed by atoms with Crippen LogP contribution in [0.1, 0.15) is 329 Å². The molecule has 0 heterocycles. The second-order valence-corrected chi connectivity index (χ2v) is 22.3. The number of carbonyl (C=O) groups excluding carboxylic acids is 3. The monoisotopic (exact) mass is 1100 g/mol. The van der Waals surface area contributed by atoms with Gasteiger partial charge in [0.15, 0.2) is 6.10 Å². The lowest BCUT2D eigenvalue weighted by atomic mass is 10.0. The summed E-state index contributed by atoms with van der Waals surface area (Å²) in [6, 6.07) is 0. The van der Waals surface area contributed by atoms with E-state index in [0.717, 1.165) is 77.0 Å². The zero-order chi connectivity index (χ0) is 57.1. The molecule has 454 valence electrons. The molecule has 1 unspecified atom stereocenters. The standard InChI is InChI=1S/C73H126O6/c1-4-7-10-13-16-19-22-25-27-29-31-33-34-35-36-37-38-40-41-43-45-48-51-54-57-60-63-66-72(75)78-69-70(68-77-71(74)65-62-59-56-53-50-47-24-21-18-15-12-9-6-3)79-73(76)67-64-61-58-55-52-49-46-44-42-39-32-30-28-26-23-20-17-14-11-8-5-2/h9,12,18,21-23,25-26,29-32,47,50,56,59,70H,4-8,10-11,13-17,19-20,24,27-28,33-46,48-49,51-55,57-58,60-69H2,1-3H3/b12-9-,21-18-,25-22-,26-23-,31-29-,32-30-,50-47-,59-56-. The maximum Gasteiger partial charge on any atom is 0.306 e. The largest absolute Gasteiger partial charge is 0.462 e. The van der Waals surface area contributed by atoms with Crippen molar-refractivity contribution < 1.29 is 28.6 Å². The van der Waals surface area contributed by atoms with Crippen molar-refractivity contribution in [3.05, 3.63) is 97.2 Å². The van der Waals surface area contributed by atoms with Gasteiger partial charge >= 0.3 is 17.9 Å². The molecule has 0 aromatic rings. The van der Waals surface area contributed by atoms with E-state index in [2.05, 4.69) is 112 Å². The number of ether oxygens (including phenoxy) is 3. The van der Waals surface area contributed by atoms with E-state index in [1.807, 2.05) is 6.08 Å². The Morgan fingerprint density at radius 3 is 0.848 bits per heavy atom. The summed E-state index contributed by atoms with van der Waals surface area (Å²) in [6.07, 6.45) is 90.2. The minimum Gasteiger partial charge on any atom is -0.462 e. The first kappa shape index (κ1) is 75.3. The average molecular weight is 1100 g/mol. The van der Waals surface area contributed by atoms with Gasteiger partial charge in [-0.05, 0) is 109 Å². The SMILES string of the molecule is CC/C=C\C/C=C\C/C=C\C/C=C\CCC(=O)OCC(COC(=O)CCCCCCCCCCCCCCCCC/C=C\C/C=C\CCCCCCC)OC(=O)CCCCCCCCCCC/C=C\C/C=C\CCCCCCC. The number of hydrogen-bond donors (Lipinski definition) is 0. The van der Waals surface area contributed by atoms with Gasteiger partial charge in [0.1, 0.15) is 13.2 Å². The lowest BCUT2D eigenvalue weighted by Gasteiger charge is -2.18. The number of unbranched alkanes of at least 4 members (excludes halogenated alkanes) is 34. The van der Waals surface area contributed by atoms with E-state index in [4.69, 9.17) is 14.2 Å². The molecule has 0 saturated carbocycles. The lowest BCUT2D eigenvalue weighted by molar-refractivity contribution is -0.166. The first-order valence-electron chi connectivity index (χ1n) is 33.7. The molecule has 0 rings (SSSR count). The van der Waals surface area contributed by atoms with Crippen LogP contribution in [0.15, 0.2) is 97.2 Å². The molecule has 0 aliphatic carbocycles. The summed E-state index contributed by atoms with van der Waals surface area (Å²) in [7, 11) is 0. The van der Waals surface area contributed by atoms with E-state index in [9.17, 15) is 14.4 Å². The van der Waals surface area contributed by atoms with Gasteiger partial charge in [0.25, 0.3) is 0 Å². The molecule has 0 amide bonds. The molecule has 0 bridgehead atoms. The van der Waals surface area contributed by atoms with E-state index in [0.29, 0.717) is 19.3 Å². The van der Waals surface area contributed by atoms with Gasteiger partial charge in [0, 0.05) is 19.3 Å². The van der Waals surface area contributed by atoms with Crippen molar-refractivity contribution in [1.29, 1.82) is 0 Å². The molecule has 0 aliphatic rings. The van der Waals surface area contributed by atoms with Gasteiger partial charge in [0.05, 0.1) is 0 Å². The Labute approximate surface area is 489 Å². The van der Waals surface area contributed by atoms with Crippen LogP contribution in [0.4, 0.5) is 0 Å². The predicted molar refractivity (Wildman–Crippen MR) is 344 cm³/mol. The fourth-order valence-corrected chi connectivity index (χ4v) is 9.52. The van der Waals surface area contributed by atoms with Crippen LogP contribution >= 0.6 is 0 Å². The van der Waals surface area contributed by atoms with Crippen molar-refractivity contribution in [2.45, 2.75) is 335 Å². The van der Waals surface area contributed by atoms with Crippen LogP contribution in [0.3, 0.4) is 0 Å². The molecule has 1 atom stereocenters. The molecule has 0 aliphatic heterocycles. The second kappa shape index (κ2) is 66.8. The highest BCUT2D eigenvalue weighted by Gasteiger charge is 2.19. The molecule has 0 radical (unpaired) electrons. The molecule has 0 aromatic carbocycles. The van der Waals surface area contributed by atoms with Gasteiger partial charge in [-0.1, -0.05) is 298 Å². The van der Waals surface area contributed by atoms with Crippen molar-refractivity contribution in [2.75, 3.05) is 13.2 Å². The van der Waals surface area contributed by atoms with E-state index in [-0.39, 0.29) is 37.5 Å². The Kier molecular flexibility index (Phi) is 63.7. The van der Waals surface area contributed by atoms with E-state index < -0.39 is 6.10 Å². The molecule has 0 saturated heterocycles. The van der Waals surface area contributed by atoms with Crippen LogP contribution < -0.4 is 0 Å². The molecule has 0 fully saturated rings. The van der Waals surface area contributed by atoms with Crippen molar-refractivity contribution in [1.82, 2.24) is 0 Å². The average Bonchev–Trinajstić information content (AvgIpc) is 3.45. The van der Waals surface area contributed by atoms with Crippen molar-refractivity contribution >= 4 is 17.9 Å². The molecule has 6 nitrogen and oxygen atoms in total. The summed E-state index contributed by atoms with van der Waals surface area (Å²) in [5.74, 6) is -0.978. The summed E-state index contributed by atoms with van der Waals surface area (Å²) in [5.41, 5.74) is 0. The third-order valence-corrected chi connectivity index (χ3v) is 14.6. The number of rotatable bonds is 61. The zero-order valence-electron chi connectivity index (χ0n) is 52.1. The van der Waals surface area contributed by atoms with Crippen LogP contribution in [0, 0.1) is 0 Å². The quantitative estimate of drug-likeness (QED) is 0.0261. The Bertz CT molecular complexity index is 1540. The van der Waals surface area contributed by atoms with Crippen molar-refractivity contribution in [3.63, 3.8) is 0 Å². The molecule has 0 spiro atoms. The van der Waals surface area contributed by atoms with Crippen LogP contribution in [-0.4, -0.2) is 37.2 Å². The third kappa shape index (κ3) is 65.0. The Morgan fingerprint density at radius 2 is 0.519 bits per heavy atom. The van der Waals surface area contributed by atoms with E-state index >= 15 is 0 Å².